The van der Waals surface area contributed by atoms with Crippen LogP contribution in [0.15, 0.2) is 22.6 Å². The summed E-state index contributed by atoms with van der Waals surface area (Å²) in [5.74, 6) is 1.23. The van der Waals surface area contributed by atoms with Gasteiger partial charge in [0.05, 0.1) is 25.3 Å². The lowest BCUT2D eigenvalue weighted by Gasteiger charge is -2.44. The molecule has 0 radical (unpaired) electrons. The SMILES string of the molecule is Cl.O=C(N[C@@H]1CN2CCC1CC2)c1cccc2oc(CN3CCOCC3)nc12. The molecule has 1 aromatic heterocycles. The van der Waals surface area contributed by atoms with Crippen molar-refractivity contribution in [1.29, 1.82) is 0 Å². The van der Waals surface area contributed by atoms with Crippen molar-refractivity contribution in [2.24, 2.45) is 5.92 Å². The Labute approximate surface area is 170 Å². The molecule has 0 unspecified atom stereocenters. The molecule has 6 rings (SSSR count). The van der Waals surface area contributed by atoms with Gasteiger partial charge in [-0.15, -0.1) is 12.4 Å². The van der Waals surface area contributed by atoms with Crippen molar-refractivity contribution in [3.8, 4) is 0 Å². The van der Waals surface area contributed by atoms with Crippen LogP contribution in [-0.4, -0.2) is 72.7 Å². The maximum Gasteiger partial charge on any atom is 0.253 e. The number of ether oxygens (including phenoxy) is 1. The van der Waals surface area contributed by atoms with Crippen LogP contribution >= 0.6 is 12.4 Å². The third-order valence-corrected chi connectivity index (χ3v) is 6.14. The molecule has 1 amide bonds. The molecule has 5 heterocycles. The van der Waals surface area contributed by atoms with Gasteiger partial charge in [-0.05, 0) is 44.0 Å². The Hall–Kier alpha value is -1.67. The highest BCUT2D eigenvalue weighted by molar-refractivity contribution is 6.04. The fraction of sp³-hybridized carbons (Fsp3) is 0.600. The summed E-state index contributed by atoms with van der Waals surface area (Å²) in [6.07, 6.45) is 2.37. The second-order valence-electron chi connectivity index (χ2n) is 7.87. The number of amides is 1. The van der Waals surface area contributed by atoms with E-state index in [1.807, 2.05) is 18.2 Å². The van der Waals surface area contributed by atoms with Gasteiger partial charge in [-0.2, -0.15) is 0 Å². The maximum atomic E-state index is 13.0. The fourth-order valence-corrected chi connectivity index (χ4v) is 4.57. The van der Waals surface area contributed by atoms with Crippen molar-refractivity contribution < 1.29 is 13.9 Å². The number of nitrogens with one attached hydrogen (secondary N) is 1. The van der Waals surface area contributed by atoms with Gasteiger partial charge < -0.3 is 19.4 Å². The lowest BCUT2D eigenvalue weighted by Crippen LogP contribution is -2.57. The van der Waals surface area contributed by atoms with E-state index in [0.717, 1.165) is 32.8 Å². The number of carbonyl (C=O) groups is 1. The number of oxazole rings is 1. The Morgan fingerprint density at radius 2 is 1.96 bits per heavy atom. The summed E-state index contributed by atoms with van der Waals surface area (Å²) in [6, 6.07) is 5.85. The number of piperidine rings is 3. The van der Waals surface area contributed by atoms with Gasteiger partial charge in [0.15, 0.2) is 5.58 Å². The van der Waals surface area contributed by atoms with Gasteiger partial charge in [0, 0.05) is 25.7 Å². The number of hydrogen-bond acceptors (Lipinski definition) is 6. The van der Waals surface area contributed by atoms with E-state index in [0.29, 0.717) is 35.0 Å². The molecular formula is C20H27ClN4O3. The second kappa shape index (κ2) is 8.37. The van der Waals surface area contributed by atoms with Crippen LogP contribution in [0.25, 0.3) is 11.1 Å². The van der Waals surface area contributed by atoms with Crippen LogP contribution in [0.2, 0.25) is 0 Å². The first-order valence-corrected chi connectivity index (χ1v) is 9.98. The number of halogens is 1. The number of aromatic nitrogens is 1. The lowest BCUT2D eigenvalue weighted by atomic mass is 9.84. The Morgan fingerprint density at radius 1 is 1.18 bits per heavy atom. The number of fused-ring (bicyclic) bond motifs is 4. The summed E-state index contributed by atoms with van der Waals surface area (Å²) in [5, 5.41) is 3.26. The molecule has 1 aromatic carbocycles. The third-order valence-electron chi connectivity index (χ3n) is 6.14. The second-order valence-corrected chi connectivity index (χ2v) is 7.87. The Bertz CT molecular complexity index is 828. The maximum absolute atomic E-state index is 13.0. The normalized spacial score (nSPS) is 27.5. The van der Waals surface area contributed by atoms with Gasteiger partial charge in [-0.25, -0.2) is 4.98 Å². The van der Waals surface area contributed by atoms with Gasteiger partial charge in [0.1, 0.15) is 5.52 Å². The molecule has 4 fully saturated rings. The van der Waals surface area contributed by atoms with E-state index in [1.54, 1.807) is 0 Å². The van der Waals surface area contributed by atoms with Gasteiger partial charge in [0.2, 0.25) is 5.89 Å². The minimum absolute atomic E-state index is 0. The Kier molecular flexibility index (Phi) is 5.87. The molecule has 0 aliphatic carbocycles. The third kappa shape index (κ3) is 3.89. The molecule has 4 aliphatic rings. The first-order chi connectivity index (χ1) is 13.3. The topological polar surface area (TPSA) is 70.8 Å². The number of para-hydroxylation sites is 1. The molecule has 0 saturated carbocycles. The quantitative estimate of drug-likeness (QED) is 0.836. The van der Waals surface area contributed by atoms with E-state index in [2.05, 4.69) is 20.1 Å². The molecule has 4 aliphatic heterocycles. The van der Waals surface area contributed by atoms with E-state index < -0.39 is 0 Å². The zero-order valence-corrected chi connectivity index (χ0v) is 16.7. The molecule has 1 atom stereocenters. The van der Waals surface area contributed by atoms with Crippen LogP contribution in [0.5, 0.6) is 0 Å². The van der Waals surface area contributed by atoms with E-state index in [4.69, 9.17) is 9.15 Å². The number of carbonyl (C=O) groups excluding carboxylic acids is 1. The van der Waals surface area contributed by atoms with Crippen molar-refractivity contribution in [3.63, 3.8) is 0 Å². The van der Waals surface area contributed by atoms with E-state index in [9.17, 15) is 4.79 Å². The minimum Gasteiger partial charge on any atom is -0.439 e. The molecule has 8 heteroatoms. The Balaban J connectivity index is 0.00000192. The van der Waals surface area contributed by atoms with Crippen LogP contribution in [0.3, 0.4) is 0 Å². The van der Waals surface area contributed by atoms with Crippen LogP contribution in [0.4, 0.5) is 0 Å². The summed E-state index contributed by atoms with van der Waals surface area (Å²) < 4.78 is 11.3. The number of morpholine rings is 1. The molecule has 152 valence electrons. The first kappa shape index (κ1) is 19.6. The molecule has 0 spiro atoms. The zero-order chi connectivity index (χ0) is 18.2. The van der Waals surface area contributed by atoms with Crippen LogP contribution in [0.1, 0.15) is 29.1 Å². The molecular weight excluding hydrogens is 380 g/mol. The smallest absolute Gasteiger partial charge is 0.253 e. The summed E-state index contributed by atoms with van der Waals surface area (Å²) in [5.41, 5.74) is 1.96. The number of rotatable bonds is 4. The highest BCUT2D eigenvalue weighted by atomic mass is 35.5. The predicted octanol–water partition coefficient (Wildman–Crippen LogP) is 1.91. The monoisotopic (exact) mass is 406 g/mol. The van der Waals surface area contributed by atoms with Crippen LogP contribution in [0, 0.1) is 5.92 Å². The van der Waals surface area contributed by atoms with E-state index >= 15 is 0 Å². The molecule has 7 nitrogen and oxygen atoms in total. The minimum atomic E-state index is -0.0365. The highest BCUT2D eigenvalue weighted by Crippen LogP contribution is 2.28. The summed E-state index contributed by atoms with van der Waals surface area (Å²) >= 11 is 0. The van der Waals surface area contributed by atoms with E-state index in [-0.39, 0.29) is 24.4 Å². The molecule has 28 heavy (non-hydrogen) atoms. The summed E-state index contributed by atoms with van der Waals surface area (Å²) in [4.78, 5) is 22.3. The molecule has 1 N–H and O–H groups in total. The van der Waals surface area contributed by atoms with Crippen molar-refractivity contribution in [2.75, 3.05) is 45.9 Å². The first-order valence-electron chi connectivity index (χ1n) is 9.98. The summed E-state index contributed by atoms with van der Waals surface area (Å²) in [6.45, 7) is 7.20. The van der Waals surface area contributed by atoms with Gasteiger partial charge in [-0.3, -0.25) is 9.69 Å². The average Bonchev–Trinajstić information content (AvgIpc) is 3.12. The van der Waals surface area contributed by atoms with Crippen molar-refractivity contribution in [3.05, 3.63) is 29.7 Å². The number of benzene rings is 1. The van der Waals surface area contributed by atoms with Crippen molar-refractivity contribution >= 4 is 29.4 Å². The molecule has 4 saturated heterocycles. The van der Waals surface area contributed by atoms with E-state index in [1.165, 1.54) is 25.9 Å². The van der Waals surface area contributed by atoms with Crippen molar-refractivity contribution in [1.82, 2.24) is 20.1 Å². The van der Waals surface area contributed by atoms with Crippen molar-refractivity contribution in [2.45, 2.75) is 25.4 Å². The Morgan fingerprint density at radius 3 is 2.68 bits per heavy atom. The van der Waals surface area contributed by atoms with Gasteiger partial charge >= 0.3 is 0 Å². The average molecular weight is 407 g/mol. The number of hydrogen-bond donors (Lipinski definition) is 1. The van der Waals surface area contributed by atoms with Crippen LogP contribution in [-0.2, 0) is 11.3 Å². The predicted molar refractivity (Wildman–Crippen MR) is 108 cm³/mol. The highest BCUT2D eigenvalue weighted by Gasteiger charge is 2.35. The van der Waals surface area contributed by atoms with Crippen LogP contribution < -0.4 is 5.32 Å². The number of nitrogens with zero attached hydrogens (tertiary/aromatic N) is 3. The standard InChI is InChI=1S/C20H26N4O3.ClH/c25-20(21-16-12-23-6-4-14(16)5-7-23)15-2-1-3-17-19(15)22-18(27-17)13-24-8-10-26-11-9-24;/h1-3,14,16H,4-13H2,(H,21,25);1H/t16-;/m1./s1. The zero-order valence-electron chi connectivity index (χ0n) is 15.9. The largest absolute Gasteiger partial charge is 0.439 e. The van der Waals surface area contributed by atoms with Gasteiger partial charge in [-0.1, -0.05) is 6.07 Å². The lowest BCUT2D eigenvalue weighted by molar-refractivity contribution is 0.0308. The molecule has 2 bridgehead atoms. The molecule has 2 aromatic rings. The summed E-state index contributed by atoms with van der Waals surface area (Å²) in [7, 11) is 0. The fourth-order valence-electron chi connectivity index (χ4n) is 4.57. The van der Waals surface area contributed by atoms with Gasteiger partial charge in [0.25, 0.3) is 5.91 Å².